The lowest BCUT2D eigenvalue weighted by Gasteiger charge is -2.37. The van der Waals surface area contributed by atoms with Gasteiger partial charge < -0.3 is 24.4 Å². The van der Waals surface area contributed by atoms with E-state index < -0.39 is 5.91 Å². The van der Waals surface area contributed by atoms with Crippen LogP contribution >= 0.6 is 11.6 Å². The molecular formula is C38H43ClN4O5. The molecule has 3 amide bonds. The van der Waals surface area contributed by atoms with E-state index in [-0.39, 0.29) is 35.0 Å². The van der Waals surface area contributed by atoms with Crippen LogP contribution < -0.4 is 15.6 Å². The Hall–Kier alpha value is -4.63. The van der Waals surface area contributed by atoms with Crippen molar-refractivity contribution in [2.24, 2.45) is 0 Å². The maximum absolute atomic E-state index is 12.9. The zero-order chi connectivity index (χ0) is 34.4. The topological polar surface area (TPSA) is 103 Å². The minimum atomic E-state index is -0.601. The molecule has 2 aliphatic rings. The molecule has 2 aliphatic heterocycles. The van der Waals surface area contributed by atoms with Crippen LogP contribution in [0.1, 0.15) is 60.9 Å². The average molecular weight is 671 g/mol. The van der Waals surface area contributed by atoms with Crippen molar-refractivity contribution >= 4 is 46.0 Å². The number of nitrogens with one attached hydrogen (secondary N) is 1. The van der Waals surface area contributed by atoms with E-state index in [4.69, 9.17) is 16.0 Å². The number of likely N-dealkylation sites (tertiary alicyclic amines) is 1. The molecule has 252 valence electrons. The Morgan fingerprint density at radius 3 is 2.25 bits per heavy atom. The number of piperazine rings is 1. The molecule has 10 heteroatoms. The van der Waals surface area contributed by atoms with Crippen molar-refractivity contribution in [2.45, 2.75) is 52.5 Å². The molecule has 0 radical (unpaired) electrons. The molecule has 2 saturated heterocycles. The van der Waals surface area contributed by atoms with E-state index in [1.807, 2.05) is 54.3 Å². The van der Waals surface area contributed by atoms with Gasteiger partial charge in [0.1, 0.15) is 5.58 Å². The number of nitrogens with zero attached hydrogens (tertiary/aromatic N) is 3. The van der Waals surface area contributed by atoms with Gasteiger partial charge in [-0.1, -0.05) is 74.3 Å². The maximum Gasteiger partial charge on any atom is 0.287 e. The van der Waals surface area contributed by atoms with E-state index in [0.29, 0.717) is 50.1 Å². The number of amides is 3. The highest BCUT2D eigenvalue weighted by atomic mass is 35.5. The number of anilines is 1. The molecule has 0 spiro atoms. The van der Waals surface area contributed by atoms with Gasteiger partial charge in [0, 0.05) is 62.5 Å². The number of aryl methyl sites for hydroxylation is 1. The summed E-state index contributed by atoms with van der Waals surface area (Å²) in [6, 6.07) is 22.4. The fourth-order valence-electron chi connectivity index (χ4n) is 5.85. The molecule has 1 N–H and O–H groups in total. The second-order valence-corrected chi connectivity index (χ2v) is 13.8. The summed E-state index contributed by atoms with van der Waals surface area (Å²) in [5.74, 6) is -0.713. The van der Waals surface area contributed by atoms with Crippen molar-refractivity contribution in [3.05, 3.63) is 110 Å². The van der Waals surface area contributed by atoms with Crippen molar-refractivity contribution in [2.75, 3.05) is 44.2 Å². The quantitative estimate of drug-likeness (QED) is 0.273. The molecule has 4 aromatic rings. The molecule has 9 nitrogen and oxygen atoms in total. The van der Waals surface area contributed by atoms with Crippen LogP contribution in [0.5, 0.6) is 0 Å². The maximum atomic E-state index is 12.9. The van der Waals surface area contributed by atoms with E-state index in [2.05, 4.69) is 43.1 Å². The second-order valence-electron chi connectivity index (χ2n) is 13.3. The molecule has 3 aromatic carbocycles. The molecule has 6 rings (SSSR count). The highest BCUT2D eigenvalue weighted by molar-refractivity contribution is 6.30. The first-order valence-corrected chi connectivity index (χ1v) is 16.7. The molecule has 0 bridgehead atoms. The number of fused-ring (bicyclic) bond motifs is 1. The van der Waals surface area contributed by atoms with E-state index >= 15 is 0 Å². The molecule has 48 heavy (non-hydrogen) atoms. The Balaban J connectivity index is 0.000000494. The van der Waals surface area contributed by atoms with Gasteiger partial charge in [-0.3, -0.25) is 19.2 Å². The molecule has 2 fully saturated rings. The van der Waals surface area contributed by atoms with E-state index in [9.17, 15) is 19.2 Å². The monoisotopic (exact) mass is 670 g/mol. The smallest absolute Gasteiger partial charge is 0.287 e. The van der Waals surface area contributed by atoms with Gasteiger partial charge in [-0.15, -0.1) is 0 Å². The number of benzene rings is 3. The van der Waals surface area contributed by atoms with E-state index in [1.54, 1.807) is 17.0 Å². The van der Waals surface area contributed by atoms with Crippen LogP contribution in [-0.4, -0.2) is 66.8 Å². The van der Waals surface area contributed by atoms with Gasteiger partial charge in [-0.05, 0) is 60.2 Å². The summed E-state index contributed by atoms with van der Waals surface area (Å²) < 4.78 is 5.71. The van der Waals surface area contributed by atoms with Crippen molar-refractivity contribution < 1.29 is 18.8 Å². The van der Waals surface area contributed by atoms with Gasteiger partial charge in [0.25, 0.3) is 5.91 Å². The molecular weight excluding hydrogens is 628 g/mol. The van der Waals surface area contributed by atoms with Crippen molar-refractivity contribution in [1.82, 2.24) is 15.1 Å². The number of carbonyl (C=O) groups excluding carboxylic acids is 3. The standard InChI is InChI=1S/C31H36N4O5.C7H7Cl/c1-31(2,3)22-10-11-26-23(17-22)25(36)18-27(40-26)30(39)32-19-29(38)34-15-13-33(14-16-34)24-8-5-4-7-21(24)20-35-12-6-9-28(35)37;1-6-2-4-7(8)5-3-6/h4-5,7-8,10-11,17-18H,6,9,12-16,19-20H2,1-3H3,(H,32,39);2-5H,1H3. The van der Waals surface area contributed by atoms with Gasteiger partial charge >= 0.3 is 0 Å². The summed E-state index contributed by atoms with van der Waals surface area (Å²) in [5.41, 5.74) is 4.35. The van der Waals surface area contributed by atoms with Crippen LogP contribution in [0.3, 0.4) is 0 Å². The molecule has 0 unspecified atom stereocenters. The summed E-state index contributed by atoms with van der Waals surface area (Å²) in [4.78, 5) is 56.3. The first-order chi connectivity index (χ1) is 22.9. The average Bonchev–Trinajstić information content (AvgIpc) is 3.48. The zero-order valence-electron chi connectivity index (χ0n) is 28.1. The zero-order valence-corrected chi connectivity index (χ0v) is 28.8. The van der Waals surface area contributed by atoms with Crippen molar-refractivity contribution in [3.63, 3.8) is 0 Å². The fourth-order valence-corrected chi connectivity index (χ4v) is 5.98. The largest absolute Gasteiger partial charge is 0.451 e. The highest BCUT2D eigenvalue weighted by Crippen LogP contribution is 2.26. The highest BCUT2D eigenvalue weighted by Gasteiger charge is 2.26. The van der Waals surface area contributed by atoms with Crippen LogP contribution in [0.15, 0.2) is 82.0 Å². The minimum absolute atomic E-state index is 0.119. The predicted molar refractivity (Wildman–Crippen MR) is 190 cm³/mol. The summed E-state index contributed by atoms with van der Waals surface area (Å²) >= 11 is 5.61. The third kappa shape index (κ3) is 8.63. The van der Waals surface area contributed by atoms with Crippen molar-refractivity contribution in [3.8, 4) is 0 Å². The van der Waals surface area contributed by atoms with Crippen LogP contribution in [0.25, 0.3) is 11.0 Å². The van der Waals surface area contributed by atoms with Crippen LogP contribution in [0, 0.1) is 6.92 Å². The van der Waals surface area contributed by atoms with Crippen LogP contribution in [0.2, 0.25) is 5.02 Å². The summed E-state index contributed by atoms with van der Waals surface area (Å²) in [6.07, 6.45) is 1.52. The molecule has 3 heterocycles. The normalized spacial score (nSPS) is 14.9. The Morgan fingerprint density at radius 1 is 0.896 bits per heavy atom. The van der Waals surface area contributed by atoms with Crippen LogP contribution in [-0.2, 0) is 21.5 Å². The number of hydrogen-bond donors (Lipinski definition) is 1. The number of carbonyl (C=O) groups is 3. The minimum Gasteiger partial charge on any atom is -0.451 e. The lowest BCUT2D eigenvalue weighted by molar-refractivity contribution is -0.130. The first kappa shape index (κ1) is 34.7. The third-order valence-electron chi connectivity index (χ3n) is 8.73. The molecule has 0 atom stereocenters. The number of para-hydroxylation sites is 1. The van der Waals surface area contributed by atoms with E-state index in [1.165, 1.54) is 11.6 Å². The number of hydrogen-bond acceptors (Lipinski definition) is 6. The Labute approximate surface area is 286 Å². The number of halogens is 1. The Morgan fingerprint density at radius 2 is 1.60 bits per heavy atom. The number of rotatable bonds is 6. The lowest BCUT2D eigenvalue weighted by atomic mass is 9.86. The predicted octanol–water partition coefficient (Wildman–Crippen LogP) is 5.94. The molecule has 1 aromatic heterocycles. The van der Waals surface area contributed by atoms with Gasteiger partial charge in [0.2, 0.25) is 11.8 Å². The SMILES string of the molecule is CC(C)(C)c1ccc2oc(C(=O)NCC(=O)N3CCN(c4ccccc4CN4CCCC4=O)CC3)cc(=O)c2c1.Cc1ccc(Cl)cc1. The van der Waals surface area contributed by atoms with Gasteiger partial charge in [0.05, 0.1) is 11.9 Å². The van der Waals surface area contributed by atoms with Gasteiger partial charge in [-0.2, -0.15) is 0 Å². The summed E-state index contributed by atoms with van der Waals surface area (Å²) in [5, 5.41) is 3.83. The lowest BCUT2D eigenvalue weighted by Crippen LogP contribution is -2.51. The van der Waals surface area contributed by atoms with Gasteiger partial charge in [-0.25, -0.2) is 0 Å². The fraction of sp³-hybridized carbons (Fsp3) is 0.368. The third-order valence-corrected chi connectivity index (χ3v) is 8.98. The molecule has 0 aliphatic carbocycles. The Bertz CT molecular complexity index is 1820. The Kier molecular flexibility index (Phi) is 10.9. The van der Waals surface area contributed by atoms with Gasteiger partial charge in [0.15, 0.2) is 11.2 Å². The molecule has 0 saturated carbocycles. The summed E-state index contributed by atoms with van der Waals surface area (Å²) in [7, 11) is 0. The van der Waals surface area contributed by atoms with E-state index in [0.717, 1.165) is 34.8 Å². The summed E-state index contributed by atoms with van der Waals surface area (Å²) in [6.45, 7) is 11.8. The second kappa shape index (κ2) is 15.1. The van der Waals surface area contributed by atoms with Crippen LogP contribution in [0.4, 0.5) is 5.69 Å². The first-order valence-electron chi connectivity index (χ1n) is 16.4. The van der Waals surface area contributed by atoms with Crippen molar-refractivity contribution in [1.29, 1.82) is 0 Å².